The Morgan fingerprint density at radius 2 is 1.76 bits per heavy atom. The molecule has 0 fully saturated rings. The van der Waals surface area contributed by atoms with Crippen LogP contribution in [0.25, 0.3) is 0 Å². The van der Waals surface area contributed by atoms with Gasteiger partial charge in [0, 0.05) is 25.5 Å². The maximum atomic E-state index is 5.62. The molecule has 1 aliphatic rings. The van der Waals surface area contributed by atoms with Gasteiger partial charge in [-0.3, -0.25) is 0 Å². The molecule has 1 unspecified atom stereocenters. The topological polar surface area (TPSA) is 41.3 Å². The first-order chi connectivity index (χ1) is 10.4. The van der Waals surface area contributed by atoms with E-state index in [-0.39, 0.29) is 0 Å². The number of nitrogens with one attached hydrogen (secondary N) is 1. The summed E-state index contributed by atoms with van der Waals surface area (Å²) in [4.78, 5) is 2.32. The maximum Gasteiger partial charge on any atom is 0.0981 e. The molecule has 1 rings (SSSR count). The average Bonchev–Trinajstić information content (AvgIpc) is 2.92. The number of hydrogen-bond donors (Lipinski definition) is 2. The summed E-state index contributed by atoms with van der Waals surface area (Å²) in [6.07, 6.45) is 22.5. The lowest BCUT2D eigenvalue weighted by atomic mass is 10.1. The molecule has 0 aromatic heterocycles. The van der Waals surface area contributed by atoms with E-state index < -0.39 is 0 Å². The zero-order valence-electron chi connectivity index (χ0n) is 13.9. The molecule has 122 valence electrons. The van der Waals surface area contributed by atoms with Crippen LogP contribution in [0, 0.1) is 0 Å². The Balaban J connectivity index is 1.87. The normalized spacial score (nSPS) is 17.8. The molecule has 0 aliphatic carbocycles. The van der Waals surface area contributed by atoms with Gasteiger partial charge in [0.2, 0.25) is 0 Å². The summed E-state index contributed by atoms with van der Waals surface area (Å²) >= 11 is 0. The van der Waals surface area contributed by atoms with E-state index in [0.29, 0.717) is 6.17 Å². The Labute approximate surface area is 131 Å². The van der Waals surface area contributed by atoms with Crippen LogP contribution < -0.4 is 11.1 Å². The molecule has 0 aromatic rings. The van der Waals surface area contributed by atoms with Crippen molar-refractivity contribution >= 4 is 0 Å². The second-order valence-corrected chi connectivity index (χ2v) is 5.98. The Bertz CT molecular complexity index is 286. The van der Waals surface area contributed by atoms with E-state index in [0.717, 1.165) is 13.1 Å². The average molecular weight is 293 g/mol. The summed E-state index contributed by atoms with van der Waals surface area (Å²) in [5, 5.41) is 3.41. The van der Waals surface area contributed by atoms with Crippen LogP contribution in [0.5, 0.6) is 0 Å². The predicted octanol–water partition coefficient (Wildman–Crippen LogP) is 4.12. The van der Waals surface area contributed by atoms with Crippen molar-refractivity contribution in [2.24, 2.45) is 5.73 Å². The van der Waals surface area contributed by atoms with Gasteiger partial charge in [0.15, 0.2) is 0 Å². The van der Waals surface area contributed by atoms with Gasteiger partial charge in [-0.15, -0.1) is 0 Å². The third-order valence-corrected chi connectivity index (χ3v) is 4.08. The lowest BCUT2D eigenvalue weighted by Gasteiger charge is -2.25. The number of rotatable bonds is 13. The van der Waals surface area contributed by atoms with Crippen molar-refractivity contribution in [1.29, 1.82) is 0 Å². The van der Waals surface area contributed by atoms with E-state index in [4.69, 9.17) is 5.73 Å². The van der Waals surface area contributed by atoms with Crippen LogP contribution in [0.15, 0.2) is 24.6 Å². The summed E-state index contributed by atoms with van der Waals surface area (Å²) < 4.78 is 0. The molecular formula is C18H35N3. The van der Waals surface area contributed by atoms with Crippen LogP contribution in [0.1, 0.15) is 71.1 Å². The van der Waals surface area contributed by atoms with Crippen LogP contribution in [0.4, 0.5) is 0 Å². The molecule has 0 saturated heterocycles. The van der Waals surface area contributed by atoms with Crippen molar-refractivity contribution in [2.75, 3.05) is 13.1 Å². The summed E-state index contributed by atoms with van der Waals surface area (Å²) in [5.41, 5.74) is 5.62. The molecule has 21 heavy (non-hydrogen) atoms. The SMILES string of the molecule is CCCC/C=C/CCCCCCCC1NC=CN1CCN. The largest absolute Gasteiger partial charge is 0.370 e. The van der Waals surface area contributed by atoms with Gasteiger partial charge in [-0.25, -0.2) is 0 Å². The highest BCUT2D eigenvalue weighted by Crippen LogP contribution is 2.14. The molecule has 0 aromatic carbocycles. The molecule has 0 spiro atoms. The highest BCUT2D eigenvalue weighted by atomic mass is 15.3. The number of nitrogens with zero attached hydrogens (tertiary/aromatic N) is 1. The minimum absolute atomic E-state index is 0.482. The third-order valence-electron chi connectivity index (χ3n) is 4.08. The first-order valence-electron chi connectivity index (χ1n) is 8.92. The van der Waals surface area contributed by atoms with Gasteiger partial charge in [-0.05, 0) is 32.1 Å². The van der Waals surface area contributed by atoms with Crippen LogP contribution in [0.3, 0.4) is 0 Å². The lowest BCUT2D eigenvalue weighted by molar-refractivity contribution is 0.264. The molecular weight excluding hydrogens is 258 g/mol. The molecule has 0 amide bonds. The molecule has 1 atom stereocenters. The second-order valence-electron chi connectivity index (χ2n) is 5.98. The predicted molar refractivity (Wildman–Crippen MR) is 92.8 cm³/mol. The van der Waals surface area contributed by atoms with Crippen molar-refractivity contribution in [3.63, 3.8) is 0 Å². The summed E-state index contributed by atoms with van der Waals surface area (Å²) in [6, 6.07) is 0. The number of nitrogens with two attached hydrogens (primary N) is 1. The van der Waals surface area contributed by atoms with E-state index in [9.17, 15) is 0 Å². The highest BCUT2D eigenvalue weighted by Gasteiger charge is 2.16. The van der Waals surface area contributed by atoms with Crippen LogP contribution in [-0.2, 0) is 0 Å². The van der Waals surface area contributed by atoms with Gasteiger partial charge in [0.05, 0.1) is 6.17 Å². The quantitative estimate of drug-likeness (QED) is 0.396. The first-order valence-corrected chi connectivity index (χ1v) is 8.92. The summed E-state index contributed by atoms with van der Waals surface area (Å²) in [7, 11) is 0. The van der Waals surface area contributed by atoms with E-state index in [1.165, 1.54) is 64.2 Å². The van der Waals surface area contributed by atoms with Gasteiger partial charge < -0.3 is 16.0 Å². The van der Waals surface area contributed by atoms with Gasteiger partial charge in [0.25, 0.3) is 0 Å². The van der Waals surface area contributed by atoms with Gasteiger partial charge in [-0.1, -0.05) is 51.2 Å². The molecule has 1 aliphatic heterocycles. The van der Waals surface area contributed by atoms with Gasteiger partial charge >= 0.3 is 0 Å². The van der Waals surface area contributed by atoms with Gasteiger partial charge in [-0.2, -0.15) is 0 Å². The standard InChI is InChI=1S/C18H35N3/c1-2-3-4-5-6-7-8-9-10-11-12-13-18-20-15-17-21(18)16-14-19/h5-6,15,17-18,20H,2-4,7-14,16,19H2,1H3/b6-5+. The van der Waals surface area contributed by atoms with Crippen molar-refractivity contribution in [3.8, 4) is 0 Å². The third kappa shape index (κ3) is 8.82. The van der Waals surface area contributed by atoms with Crippen molar-refractivity contribution in [2.45, 2.75) is 77.3 Å². The lowest BCUT2D eigenvalue weighted by Crippen LogP contribution is -2.37. The fourth-order valence-corrected chi connectivity index (χ4v) is 2.77. The molecule has 3 heteroatoms. The van der Waals surface area contributed by atoms with Crippen molar-refractivity contribution in [1.82, 2.24) is 10.2 Å². The molecule has 0 radical (unpaired) electrons. The minimum Gasteiger partial charge on any atom is -0.370 e. The van der Waals surface area contributed by atoms with Crippen LogP contribution >= 0.6 is 0 Å². The first kappa shape index (κ1) is 18.1. The number of hydrogen-bond acceptors (Lipinski definition) is 3. The fraction of sp³-hybridized carbons (Fsp3) is 0.778. The van der Waals surface area contributed by atoms with Crippen LogP contribution in [-0.4, -0.2) is 24.2 Å². The molecule has 0 bridgehead atoms. The van der Waals surface area contributed by atoms with E-state index in [1.54, 1.807) is 0 Å². The van der Waals surface area contributed by atoms with E-state index in [1.807, 2.05) is 6.20 Å². The van der Waals surface area contributed by atoms with E-state index in [2.05, 4.69) is 35.5 Å². The van der Waals surface area contributed by atoms with Crippen molar-refractivity contribution in [3.05, 3.63) is 24.6 Å². The zero-order chi connectivity index (χ0) is 15.2. The number of unbranched alkanes of at least 4 members (excludes halogenated alkanes) is 7. The second kappa shape index (κ2) is 12.8. The van der Waals surface area contributed by atoms with Crippen LogP contribution in [0.2, 0.25) is 0 Å². The smallest absolute Gasteiger partial charge is 0.0981 e. The molecule has 0 saturated carbocycles. The molecule has 3 N–H and O–H groups in total. The zero-order valence-corrected chi connectivity index (χ0v) is 13.9. The summed E-state index contributed by atoms with van der Waals surface area (Å²) in [5.74, 6) is 0. The highest BCUT2D eigenvalue weighted by molar-refractivity contribution is 4.94. The maximum absolute atomic E-state index is 5.62. The molecule has 1 heterocycles. The number of allylic oxidation sites excluding steroid dienone is 2. The monoisotopic (exact) mass is 293 g/mol. The fourth-order valence-electron chi connectivity index (χ4n) is 2.77. The Hall–Kier alpha value is -0.960. The Morgan fingerprint density at radius 1 is 1.05 bits per heavy atom. The van der Waals surface area contributed by atoms with E-state index >= 15 is 0 Å². The Kier molecular flexibility index (Phi) is 11.0. The summed E-state index contributed by atoms with van der Waals surface area (Å²) in [6.45, 7) is 3.94. The van der Waals surface area contributed by atoms with Gasteiger partial charge in [0.1, 0.15) is 0 Å². The minimum atomic E-state index is 0.482. The van der Waals surface area contributed by atoms with Crippen molar-refractivity contribution < 1.29 is 0 Å². The molecule has 3 nitrogen and oxygen atoms in total. The Morgan fingerprint density at radius 3 is 2.52 bits per heavy atom.